The molecule has 0 unspecified atom stereocenters. The first kappa shape index (κ1) is 22.4. The van der Waals surface area contributed by atoms with Gasteiger partial charge < -0.3 is 20.3 Å². The highest BCUT2D eigenvalue weighted by Crippen LogP contribution is 2.38. The van der Waals surface area contributed by atoms with Gasteiger partial charge in [-0.3, -0.25) is 14.4 Å². The summed E-state index contributed by atoms with van der Waals surface area (Å²) in [5.41, 5.74) is 2.58. The van der Waals surface area contributed by atoms with Gasteiger partial charge in [0.15, 0.2) is 5.69 Å². The highest BCUT2D eigenvalue weighted by atomic mass is 16.3. The van der Waals surface area contributed by atoms with E-state index < -0.39 is 11.8 Å². The maximum absolute atomic E-state index is 12.5. The molecule has 0 aliphatic heterocycles. The van der Waals surface area contributed by atoms with Gasteiger partial charge in [-0.05, 0) is 37.3 Å². The summed E-state index contributed by atoms with van der Waals surface area (Å²) in [4.78, 5) is 36.9. The summed E-state index contributed by atoms with van der Waals surface area (Å²) in [7, 11) is 0. The van der Waals surface area contributed by atoms with E-state index in [2.05, 4.69) is 20.9 Å². The molecule has 1 heterocycles. The molecule has 0 spiro atoms. The van der Waals surface area contributed by atoms with Gasteiger partial charge >= 0.3 is 11.8 Å². The van der Waals surface area contributed by atoms with E-state index in [1.807, 2.05) is 13.0 Å². The van der Waals surface area contributed by atoms with Crippen molar-refractivity contribution in [3.8, 4) is 5.88 Å². The Kier molecular flexibility index (Phi) is 6.45. The molecule has 9 nitrogen and oxygen atoms in total. The first-order valence-corrected chi connectivity index (χ1v) is 10.4. The quantitative estimate of drug-likeness (QED) is 0.302. The standard InChI is InChI=1S/C25H21N5O4/c1-16-11-13-18(14-12-16)27-23(32)24(33)29-28-22-19-9-5-6-10-20(19)30(25(22)34)15-21(31)26-17-7-3-2-4-8-17/h2-14,34H,15H2,1H3,(H,26,31)(H,27,32). The number of aromatic nitrogens is 1. The number of hydrogen-bond donors (Lipinski definition) is 3. The van der Waals surface area contributed by atoms with Crippen LogP contribution in [0.25, 0.3) is 10.9 Å². The fraction of sp³-hybridized carbons (Fsp3) is 0.0800. The molecular formula is C25H21N5O4. The van der Waals surface area contributed by atoms with Gasteiger partial charge in [-0.25, -0.2) is 0 Å². The first-order chi connectivity index (χ1) is 16.4. The number of benzene rings is 3. The zero-order valence-electron chi connectivity index (χ0n) is 18.2. The lowest BCUT2D eigenvalue weighted by atomic mass is 10.2. The largest absolute Gasteiger partial charge is 0.493 e. The minimum Gasteiger partial charge on any atom is -0.493 e. The predicted molar refractivity (Wildman–Crippen MR) is 128 cm³/mol. The summed E-state index contributed by atoms with van der Waals surface area (Å²) >= 11 is 0. The average Bonchev–Trinajstić information content (AvgIpc) is 3.10. The Bertz CT molecular complexity index is 1390. The van der Waals surface area contributed by atoms with Crippen molar-refractivity contribution < 1.29 is 19.5 Å². The highest BCUT2D eigenvalue weighted by Gasteiger charge is 2.20. The molecule has 0 fully saturated rings. The number of aryl methyl sites for hydroxylation is 1. The van der Waals surface area contributed by atoms with Crippen LogP contribution < -0.4 is 10.6 Å². The van der Waals surface area contributed by atoms with Gasteiger partial charge in [-0.15, -0.1) is 10.2 Å². The van der Waals surface area contributed by atoms with E-state index in [1.165, 1.54) is 4.57 Å². The third kappa shape index (κ3) is 4.99. The predicted octanol–water partition coefficient (Wildman–Crippen LogP) is 4.54. The second-order valence-electron chi connectivity index (χ2n) is 7.52. The van der Waals surface area contributed by atoms with E-state index in [0.717, 1.165) is 5.56 Å². The second kappa shape index (κ2) is 9.78. The molecule has 34 heavy (non-hydrogen) atoms. The summed E-state index contributed by atoms with van der Waals surface area (Å²) < 4.78 is 1.36. The van der Waals surface area contributed by atoms with Crippen LogP contribution in [0.15, 0.2) is 89.1 Å². The molecule has 0 saturated carbocycles. The third-order valence-corrected chi connectivity index (χ3v) is 5.02. The van der Waals surface area contributed by atoms with Crippen LogP contribution in [0.1, 0.15) is 5.56 Å². The van der Waals surface area contributed by atoms with Crippen LogP contribution >= 0.6 is 0 Å². The average molecular weight is 455 g/mol. The number of amides is 3. The van der Waals surface area contributed by atoms with Gasteiger partial charge in [-0.1, -0.05) is 54.1 Å². The van der Waals surface area contributed by atoms with E-state index >= 15 is 0 Å². The molecule has 9 heteroatoms. The van der Waals surface area contributed by atoms with Gasteiger partial charge in [0.05, 0.1) is 5.52 Å². The normalized spacial score (nSPS) is 11.0. The number of carbonyl (C=O) groups excluding carboxylic acids is 3. The van der Waals surface area contributed by atoms with Gasteiger partial charge in [0, 0.05) is 16.8 Å². The highest BCUT2D eigenvalue weighted by molar-refractivity contribution is 6.40. The first-order valence-electron chi connectivity index (χ1n) is 10.4. The number of aromatic hydroxyl groups is 1. The minimum absolute atomic E-state index is 0.0143. The van der Waals surface area contributed by atoms with Crippen LogP contribution in [0, 0.1) is 6.92 Å². The Hall–Kier alpha value is -4.79. The molecule has 4 rings (SSSR count). The summed E-state index contributed by atoms with van der Waals surface area (Å²) in [6.07, 6.45) is 0. The maximum Gasteiger partial charge on any atom is 0.353 e. The number of carbonyl (C=O) groups is 3. The van der Waals surface area contributed by atoms with Crippen molar-refractivity contribution in [1.29, 1.82) is 0 Å². The van der Waals surface area contributed by atoms with Crippen LogP contribution in [0.2, 0.25) is 0 Å². The Morgan fingerprint density at radius 3 is 2.24 bits per heavy atom. The van der Waals surface area contributed by atoms with Gasteiger partial charge in [0.2, 0.25) is 11.8 Å². The molecule has 3 aromatic carbocycles. The van der Waals surface area contributed by atoms with Gasteiger partial charge in [-0.2, -0.15) is 0 Å². The summed E-state index contributed by atoms with van der Waals surface area (Å²) in [5.74, 6) is -2.80. The number of nitrogens with zero attached hydrogens (tertiary/aromatic N) is 3. The van der Waals surface area contributed by atoms with E-state index in [0.29, 0.717) is 22.3 Å². The zero-order chi connectivity index (χ0) is 24.1. The number of hydrogen-bond acceptors (Lipinski definition) is 5. The third-order valence-electron chi connectivity index (χ3n) is 5.02. The molecular weight excluding hydrogens is 434 g/mol. The van der Waals surface area contributed by atoms with Crippen molar-refractivity contribution in [1.82, 2.24) is 4.57 Å². The summed E-state index contributed by atoms with van der Waals surface area (Å²) in [6, 6.07) is 22.7. The minimum atomic E-state index is -1.13. The molecule has 0 saturated heterocycles. The molecule has 1 aromatic heterocycles. The monoisotopic (exact) mass is 455 g/mol. The van der Waals surface area contributed by atoms with Crippen molar-refractivity contribution in [2.75, 3.05) is 10.6 Å². The van der Waals surface area contributed by atoms with Crippen molar-refractivity contribution in [3.05, 3.63) is 84.4 Å². The number of fused-ring (bicyclic) bond motifs is 1. The topological polar surface area (TPSA) is 125 Å². The molecule has 0 radical (unpaired) electrons. The van der Waals surface area contributed by atoms with E-state index in [9.17, 15) is 19.5 Å². The summed E-state index contributed by atoms with van der Waals surface area (Å²) in [5, 5.41) is 23.7. The molecule has 3 amide bonds. The molecule has 0 aliphatic rings. The number of azo groups is 1. The maximum atomic E-state index is 12.5. The lowest BCUT2D eigenvalue weighted by Crippen LogP contribution is -2.20. The Balaban J connectivity index is 1.54. The SMILES string of the molecule is Cc1ccc(NC(=O)C(=O)N=Nc2c(O)n(CC(=O)Nc3ccccc3)c3ccccc23)cc1. The molecule has 3 N–H and O–H groups in total. The number of para-hydroxylation sites is 2. The summed E-state index contributed by atoms with van der Waals surface area (Å²) in [6.45, 7) is 1.71. The molecule has 0 atom stereocenters. The van der Waals surface area contributed by atoms with Crippen LogP contribution in [0.3, 0.4) is 0 Å². The smallest absolute Gasteiger partial charge is 0.353 e. The zero-order valence-corrected chi connectivity index (χ0v) is 18.2. The lowest BCUT2D eigenvalue weighted by Gasteiger charge is -2.08. The van der Waals surface area contributed by atoms with Crippen molar-refractivity contribution >= 4 is 45.7 Å². The molecule has 170 valence electrons. The number of rotatable bonds is 5. The number of anilines is 2. The second-order valence-corrected chi connectivity index (χ2v) is 7.52. The number of nitrogens with one attached hydrogen (secondary N) is 2. The van der Waals surface area contributed by atoms with Gasteiger partial charge in [0.25, 0.3) is 0 Å². The van der Waals surface area contributed by atoms with Crippen LogP contribution in [0.5, 0.6) is 5.88 Å². The molecule has 0 bridgehead atoms. The van der Waals surface area contributed by atoms with Crippen LogP contribution in [-0.2, 0) is 20.9 Å². The fourth-order valence-electron chi connectivity index (χ4n) is 3.36. The Morgan fingerprint density at radius 2 is 1.50 bits per heavy atom. The van der Waals surface area contributed by atoms with Crippen molar-refractivity contribution in [2.45, 2.75) is 13.5 Å². The van der Waals surface area contributed by atoms with E-state index in [4.69, 9.17) is 0 Å². The Labute approximate surface area is 194 Å². The van der Waals surface area contributed by atoms with Gasteiger partial charge in [0.1, 0.15) is 6.54 Å². The fourth-order valence-corrected chi connectivity index (χ4v) is 3.36. The van der Waals surface area contributed by atoms with E-state index in [1.54, 1.807) is 72.8 Å². The van der Waals surface area contributed by atoms with Crippen LogP contribution in [0.4, 0.5) is 17.1 Å². The Morgan fingerprint density at radius 1 is 0.853 bits per heavy atom. The van der Waals surface area contributed by atoms with Crippen molar-refractivity contribution in [2.24, 2.45) is 10.2 Å². The van der Waals surface area contributed by atoms with Crippen LogP contribution in [-0.4, -0.2) is 27.4 Å². The molecule has 4 aromatic rings. The van der Waals surface area contributed by atoms with E-state index in [-0.39, 0.29) is 24.0 Å². The molecule has 0 aliphatic carbocycles. The lowest BCUT2D eigenvalue weighted by molar-refractivity contribution is -0.134. The van der Waals surface area contributed by atoms with Crippen molar-refractivity contribution in [3.63, 3.8) is 0 Å².